The van der Waals surface area contributed by atoms with E-state index in [-0.39, 0.29) is 5.91 Å². The molecule has 0 unspecified atom stereocenters. The van der Waals surface area contributed by atoms with Gasteiger partial charge in [0, 0.05) is 24.7 Å². The summed E-state index contributed by atoms with van der Waals surface area (Å²) in [6.45, 7) is 2.35. The number of ether oxygens (including phenoxy) is 3. The van der Waals surface area contributed by atoms with Crippen molar-refractivity contribution in [3.8, 4) is 17.2 Å². The van der Waals surface area contributed by atoms with Crippen molar-refractivity contribution >= 4 is 5.91 Å². The van der Waals surface area contributed by atoms with E-state index in [1.807, 2.05) is 31.2 Å². The standard InChI is InChI=1S/C19H23NO4/c1-13-9-10-14(11-17(13)23-4)19(21)20(2)12-15-7-6-8-16(22-3)18(15)24-5/h6-11H,12H2,1-5H3. The molecule has 0 N–H and O–H groups in total. The van der Waals surface area contributed by atoms with E-state index in [9.17, 15) is 4.79 Å². The van der Waals surface area contributed by atoms with Gasteiger partial charge in [-0.25, -0.2) is 0 Å². The molecule has 2 aromatic rings. The molecule has 24 heavy (non-hydrogen) atoms. The quantitative estimate of drug-likeness (QED) is 0.816. The van der Waals surface area contributed by atoms with Crippen molar-refractivity contribution in [3.05, 3.63) is 53.1 Å². The van der Waals surface area contributed by atoms with Crippen molar-refractivity contribution < 1.29 is 19.0 Å². The van der Waals surface area contributed by atoms with Gasteiger partial charge in [0.1, 0.15) is 5.75 Å². The lowest BCUT2D eigenvalue weighted by molar-refractivity contribution is 0.0783. The third kappa shape index (κ3) is 3.62. The van der Waals surface area contributed by atoms with Gasteiger partial charge in [0.15, 0.2) is 11.5 Å². The van der Waals surface area contributed by atoms with Crippen molar-refractivity contribution in [2.75, 3.05) is 28.4 Å². The van der Waals surface area contributed by atoms with Crippen LogP contribution >= 0.6 is 0 Å². The van der Waals surface area contributed by atoms with Gasteiger partial charge in [0.05, 0.1) is 21.3 Å². The van der Waals surface area contributed by atoms with Gasteiger partial charge >= 0.3 is 0 Å². The minimum absolute atomic E-state index is 0.0850. The summed E-state index contributed by atoms with van der Waals surface area (Å²) in [6, 6.07) is 11.1. The molecule has 0 aliphatic rings. The number of nitrogens with zero attached hydrogens (tertiary/aromatic N) is 1. The van der Waals surface area contributed by atoms with E-state index < -0.39 is 0 Å². The minimum Gasteiger partial charge on any atom is -0.496 e. The number of para-hydroxylation sites is 1. The zero-order valence-corrected chi connectivity index (χ0v) is 14.8. The average molecular weight is 329 g/mol. The fourth-order valence-corrected chi connectivity index (χ4v) is 2.58. The topological polar surface area (TPSA) is 48.0 Å². The van der Waals surface area contributed by atoms with Crippen LogP contribution in [0.3, 0.4) is 0 Å². The SMILES string of the molecule is COc1cc(C(=O)N(C)Cc2cccc(OC)c2OC)ccc1C. The van der Waals surface area contributed by atoms with Crippen molar-refractivity contribution in [3.63, 3.8) is 0 Å². The number of aryl methyl sites for hydroxylation is 1. The van der Waals surface area contributed by atoms with Gasteiger partial charge in [-0.3, -0.25) is 4.79 Å². The monoisotopic (exact) mass is 329 g/mol. The highest BCUT2D eigenvalue weighted by atomic mass is 16.5. The third-order valence-electron chi connectivity index (χ3n) is 3.89. The second-order valence-corrected chi connectivity index (χ2v) is 5.50. The first kappa shape index (κ1) is 17.7. The first-order valence-electron chi connectivity index (χ1n) is 7.61. The van der Waals surface area contributed by atoms with Crippen molar-refractivity contribution in [2.45, 2.75) is 13.5 Å². The summed E-state index contributed by atoms with van der Waals surface area (Å²) >= 11 is 0. The Hall–Kier alpha value is -2.69. The lowest BCUT2D eigenvalue weighted by Crippen LogP contribution is -2.26. The molecule has 0 aliphatic carbocycles. The predicted octanol–water partition coefficient (Wildman–Crippen LogP) is 3.29. The summed E-state index contributed by atoms with van der Waals surface area (Å²) in [6.07, 6.45) is 0. The van der Waals surface area contributed by atoms with Crippen LogP contribution in [0.5, 0.6) is 17.2 Å². The van der Waals surface area contributed by atoms with Crippen LogP contribution in [-0.4, -0.2) is 39.2 Å². The van der Waals surface area contributed by atoms with Gasteiger partial charge in [0.25, 0.3) is 5.91 Å². The van der Waals surface area contributed by atoms with Gasteiger partial charge < -0.3 is 19.1 Å². The third-order valence-corrected chi connectivity index (χ3v) is 3.89. The Balaban J connectivity index is 2.24. The average Bonchev–Trinajstić information content (AvgIpc) is 2.61. The predicted molar refractivity (Wildman–Crippen MR) is 93.1 cm³/mol. The van der Waals surface area contributed by atoms with Gasteiger partial charge in [-0.15, -0.1) is 0 Å². The summed E-state index contributed by atoms with van der Waals surface area (Å²) in [4.78, 5) is 14.3. The number of carbonyl (C=O) groups is 1. The largest absolute Gasteiger partial charge is 0.496 e. The summed E-state index contributed by atoms with van der Waals surface area (Å²) < 4.78 is 16.0. The summed E-state index contributed by atoms with van der Waals surface area (Å²) in [7, 11) is 6.54. The molecule has 0 fully saturated rings. The number of rotatable bonds is 6. The molecule has 2 aromatic carbocycles. The maximum atomic E-state index is 12.7. The first-order chi connectivity index (χ1) is 11.5. The normalized spacial score (nSPS) is 10.2. The molecule has 0 bridgehead atoms. The molecule has 0 saturated heterocycles. The summed E-state index contributed by atoms with van der Waals surface area (Å²) in [5, 5.41) is 0. The van der Waals surface area contributed by atoms with Crippen LogP contribution in [0.1, 0.15) is 21.5 Å². The van der Waals surface area contributed by atoms with Crippen molar-refractivity contribution in [1.82, 2.24) is 4.90 Å². The zero-order chi connectivity index (χ0) is 17.7. The van der Waals surface area contributed by atoms with E-state index >= 15 is 0 Å². The maximum Gasteiger partial charge on any atom is 0.254 e. The molecule has 0 aromatic heterocycles. The Kier molecular flexibility index (Phi) is 5.68. The van der Waals surface area contributed by atoms with Crippen LogP contribution in [0.25, 0.3) is 0 Å². The van der Waals surface area contributed by atoms with Gasteiger partial charge in [-0.05, 0) is 30.7 Å². The smallest absolute Gasteiger partial charge is 0.254 e. The van der Waals surface area contributed by atoms with E-state index in [2.05, 4.69) is 0 Å². The van der Waals surface area contributed by atoms with Gasteiger partial charge in [0.2, 0.25) is 0 Å². The van der Waals surface area contributed by atoms with Crippen LogP contribution < -0.4 is 14.2 Å². The molecule has 0 heterocycles. The first-order valence-corrected chi connectivity index (χ1v) is 7.61. The van der Waals surface area contributed by atoms with Crippen LogP contribution in [0.2, 0.25) is 0 Å². The Morgan fingerprint density at radius 1 is 1.00 bits per heavy atom. The van der Waals surface area contributed by atoms with Gasteiger partial charge in [-0.1, -0.05) is 18.2 Å². The molecule has 0 saturated carbocycles. The maximum absolute atomic E-state index is 12.7. The zero-order valence-electron chi connectivity index (χ0n) is 14.8. The minimum atomic E-state index is -0.0850. The van der Waals surface area contributed by atoms with E-state index in [0.717, 1.165) is 11.1 Å². The summed E-state index contributed by atoms with van der Waals surface area (Å²) in [5.41, 5.74) is 2.46. The Bertz CT molecular complexity index is 727. The van der Waals surface area contributed by atoms with Gasteiger partial charge in [-0.2, -0.15) is 0 Å². The molecular weight excluding hydrogens is 306 g/mol. The number of hydrogen-bond acceptors (Lipinski definition) is 4. The second-order valence-electron chi connectivity index (χ2n) is 5.50. The Labute approximate surface area is 142 Å². The van der Waals surface area contributed by atoms with Crippen LogP contribution in [0, 0.1) is 6.92 Å². The fraction of sp³-hybridized carbons (Fsp3) is 0.316. The Morgan fingerprint density at radius 3 is 2.33 bits per heavy atom. The highest BCUT2D eigenvalue weighted by Crippen LogP contribution is 2.31. The molecule has 128 valence electrons. The number of benzene rings is 2. The van der Waals surface area contributed by atoms with Crippen molar-refractivity contribution in [1.29, 1.82) is 0 Å². The van der Waals surface area contributed by atoms with Crippen molar-refractivity contribution in [2.24, 2.45) is 0 Å². The van der Waals surface area contributed by atoms with Crippen LogP contribution in [0.4, 0.5) is 0 Å². The summed E-state index contributed by atoms with van der Waals surface area (Å²) in [5.74, 6) is 1.90. The van der Waals surface area contributed by atoms with E-state index in [1.165, 1.54) is 0 Å². The molecule has 0 radical (unpaired) electrons. The van der Waals surface area contributed by atoms with E-state index in [4.69, 9.17) is 14.2 Å². The molecule has 1 amide bonds. The van der Waals surface area contributed by atoms with E-state index in [0.29, 0.717) is 29.4 Å². The molecule has 2 rings (SSSR count). The molecular formula is C19H23NO4. The highest BCUT2D eigenvalue weighted by molar-refractivity contribution is 5.94. The lowest BCUT2D eigenvalue weighted by Gasteiger charge is -2.20. The number of carbonyl (C=O) groups excluding carboxylic acids is 1. The molecule has 0 atom stereocenters. The second kappa shape index (κ2) is 7.73. The highest BCUT2D eigenvalue weighted by Gasteiger charge is 2.17. The number of methoxy groups -OCH3 is 3. The van der Waals surface area contributed by atoms with E-state index in [1.54, 1.807) is 45.4 Å². The Morgan fingerprint density at radius 2 is 1.71 bits per heavy atom. The lowest BCUT2D eigenvalue weighted by atomic mass is 10.1. The molecule has 0 spiro atoms. The molecule has 5 nitrogen and oxygen atoms in total. The van der Waals surface area contributed by atoms with Crippen LogP contribution in [-0.2, 0) is 6.54 Å². The number of amides is 1. The molecule has 0 aliphatic heterocycles. The number of hydrogen-bond donors (Lipinski definition) is 0. The molecule has 5 heteroatoms. The van der Waals surface area contributed by atoms with Crippen LogP contribution in [0.15, 0.2) is 36.4 Å². The fourth-order valence-electron chi connectivity index (χ4n) is 2.58.